The van der Waals surface area contributed by atoms with Crippen LogP contribution in [0.15, 0.2) is 66.7 Å². The monoisotopic (exact) mass is 524 g/mol. The molecule has 0 aliphatic carbocycles. The number of aryl methyl sites for hydroxylation is 2. The van der Waals surface area contributed by atoms with E-state index in [-0.39, 0.29) is 5.75 Å². The van der Waals surface area contributed by atoms with Crippen molar-refractivity contribution >= 4 is 28.4 Å². The minimum atomic E-state index is -4.78. The van der Waals surface area contributed by atoms with Gasteiger partial charge in [-0.05, 0) is 79.3 Å². The first-order valence-corrected chi connectivity index (χ1v) is 12.0. The summed E-state index contributed by atoms with van der Waals surface area (Å²) in [7, 11) is 1.61. The minimum absolute atomic E-state index is 0.310. The standard InChI is InChI=1S/C30H24ClF3O3/c1-17-5-6-21(15-27(17)31)29(20-7-9-22(10-8-20)36-30(32,33)34)14-13-25-19(3)18(2)24-12-11-23(35-4)16-26(24)28(25)37-29/h5-16H,1-4H3. The molecule has 0 aromatic heterocycles. The molecule has 190 valence electrons. The Morgan fingerprint density at radius 2 is 1.49 bits per heavy atom. The quantitative estimate of drug-likeness (QED) is 0.267. The second-order valence-electron chi connectivity index (χ2n) is 9.11. The van der Waals surface area contributed by atoms with Crippen molar-refractivity contribution in [3.8, 4) is 17.2 Å². The molecule has 37 heavy (non-hydrogen) atoms. The first-order chi connectivity index (χ1) is 17.5. The lowest BCUT2D eigenvalue weighted by Crippen LogP contribution is -2.34. The summed E-state index contributed by atoms with van der Waals surface area (Å²) in [6, 6.07) is 17.2. The highest BCUT2D eigenvalue weighted by Crippen LogP contribution is 2.48. The molecule has 0 saturated carbocycles. The molecule has 1 aliphatic rings. The van der Waals surface area contributed by atoms with Gasteiger partial charge in [0.1, 0.15) is 17.2 Å². The van der Waals surface area contributed by atoms with E-state index in [1.54, 1.807) is 19.2 Å². The van der Waals surface area contributed by atoms with Crippen LogP contribution in [-0.2, 0) is 5.60 Å². The van der Waals surface area contributed by atoms with E-state index in [0.29, 0.717) is 22.1 Å². The van der Waals surface area contributed by atoms with Gasteiger partial charge in [0.15, 0.2) is 5.60 Å². The van der Waals surface area contributed by atoms with E-state index in [9.17, 15) is 13.2 Å². The maximum Gasteiger partial charge on any atom is 0.573 e. The Kier molecular flexibility index (Phi) is 6.11. The van der Waals surface area contributed by atoms with Crippen LogP contribution in [0.2, 0.25) is 5.02 Å². The van der Waals surface area contributed by atoms with Crippen molar-refractivity contribution < 1.29 is 27.4 Å². The van der Waals surface area contributed by atoms with Gasteiger partial charge in [-0.25, -0.2) is 0 Å². The highest BCUT2D eigenvalue weighted by molar-refractivity contribution is 6.31. The number of fused-ring (bicyclic) bond motifs is 3. The Bertz CT molecular complexity index is 1540. The van der Waals surface area contributed by atoms with E-state index in [4.69, 9.17) is 21.1 Å². The fourth-order valence-corrected chi connectivity index (χ4v) is 4.98. The number of rotatable bonds is 4. The molecule has 0 saturated heterocycles. The van der Waals surface area contributed by atoms with Crippen LogP contribution >= 0.6 is 11.6 Å². The van der Waals surface area contributed by atoms with Crippen molar-refractivity contribution in [1.82, 2.24) is 0 Å². The smallest absolute Gasteiger partial charge is 0.497 e. The van der Waals surface area contributed by atoms with Crippen molar-refractivity contribution in [2.75, 3.05) is 7.11 Å². The van der Waals surface area contributed by atoms with E-state index in [0.717, 1.165) is 38.6 Å². The van der Waals surface area contributed by atoms with Crippen LogP contribution in [0.1, 0.15) is 33.4 Å². The van der Waals surface area contributed by atoms with Crippen LogP contribution in [-0.4, -0.2) is 13.5 Å². The maximum atomic E-state index is 12.8. The summed E-state index contributed by atoms with van der Waals surface area (Å²) < 4.78 is 54.8. The normalized spacial score (nSPS) is 16.9. The molecule has 1 aliphatic heterocycles. The van der Waals surface area contributed by atoms with Gasteiger partial charge in [0.25, 0.3) is 0 Å². The van der Waals surface area contributed by atoms with E-state index in [2.05, 4.69) is 11.7 Å². The summed E-state index contributed by atoms with van der Waals surface area (Å²) in [5.74, 6) is 1.04. The lowest BCUT2D eigenvalue weighted by atomic mass is 9.82. The van der Waals surface area contributed by atoms with Crippen molar-refractivity contribution in [2.45, 2.75) is 32.7 Å². The van der Waals surface area contributed by atoms with E-state index in [1.807, 2.05) is 62.4 Å². The molecule has 0 fully saturated rings. The van der Waals surface area contributed by atoms with Gasteiger partial charge in [0, 0.05) is 27.1 Å². The zero-order valence-electron chi connectivity index (χ0n) is 20.7. The molecule has 1 unspecified atom stereocenters. The van der Waals surface area contributed by atoms with Gasteiger partial charge in [-0.15, -0.1) is 13.2 Å². The summed E-state index contributed by atoms with van der Waals surface area (Å²) in [5.41, 5.74) is 4.25. The van der Waals surface area contributed by atoms with E-state index in [1.165, 1.54) is 12.1 Å². The first-order valence-electron chi connectivity index (χ1n) is 11.6. The molecule has 0 radical (unpaired) electrons. The second kappa shape index (κ2) is 9.03. The van der Waals surface area contributed by atoms with Crippen LogP contribution < -0.4 is 14.2 Å². The molecular formula is C30H24ClF3O3. The topological polar surface area (TPSA) is 27.7 Å². The van der Waals surface area contributed by atoms with Gasteiger partial charge in [0.05, 0.1) is 7.11 Å². The van der Waals surface area contributed by atoms with Crippen molar-refractivity contribution in [2.24, 2.45) is 0 Å². The largest absolute Gasteiger partial charge is 0.573 e. The number of methoxy groups -OCH3 is 1. The zero-order valence-corrected chi connectivity index (χ0v) is 21.4. The van der Waals surface area contributed by atoms with Crippen LogP contribution in [0.3, 0.4) is 0 Å². The Balaban J connectivity index is 1.75. The van der Waals surface area contributed by atoms with Gasteiger partial charge in [-0.3, -0.25) is 0 Å². The van der Waals surface area contributed by atoms with Gasteiger partial charge in [0.2, 0.25) is 0 Å². The van der Waals surface area contributed by atoms with Crippen LogP contribution in [0.4, 0.5) is 13.2 Å². The first kappa shape index (κ1) is 25.0. The number of hydrogen-bond acceptors (Lipinski definition) is 3. The van der Waals surface area contributed by atoms with Gasteiger partial charge in [-0.2, -0.15) is 0 Å². The minimum Gasteiger partial charge on any atom is -0.497 e. The molecule has 1 heterocycles. The molecule has 1 atom stereocenters. The van der Waals surface area contributed by atoms with Crippen molar-refractivity contribution in [1.29, 1.82) is 0 Å². The predicted molar refractivity (Wildman–Crippen MR) is 140 cm³/mol. The third kappa shape index (κ3) is 4.40. The van der Waals surface area contributed by atoms with E-state index >= 15 is 0 Å². The molecule has 5 rings (SSSR count). The summed E-state index contributed by atoms with van der Waals surface area (Å²) in [6.07, 6.45) is -0.848. The van der Waals surface area contributed by atoms with Gasteiger partial charge in [-0.1, -0.05) is 48.0 Å². The van der Waals surface area contributed by atoms with Gasteiger partial charge >= 0.3 is 6.36 Å². The van der Waals surface area contributed by atoms with Crippen LogP contribution in [0.5, 0.6) is 17.2 Å². The molecule has 3 nitrogen and oxygen atoms in total. The Morgan fingerprint density at radius 1 is 0.811 bits per heavy atom. The number of halogens is 4. The average Bonchev–Trinajstić information content (AvgIpc) is 2.87. The van der Waals surface area contributed by atoms with Crippen molar-refractivity contribution in [3.63, 3.8) is 0 Å². The number of hydrogen-bond donors (Lipinski definition) is 0. The van der Waals surface area contributed by atoms with Crippen LogP contribution in [0, 0.1) is 20.8 Å². The lowest BCUT2D eigenvalue weighted by Gasteiger charge is -2.37. The molecule has 7 heteroatoms. The molecule has 0 amide bonds. The molecular weight excluding hydrogens is 501 g/mol. The summed E-state index contributed by atoms with van der Waals surface area (Å²) in [6.45, 7) is 6.02. The highest BCUT2D eigenvalue weighted by atomic mass is 35.5. The maximum absolute atomic E-state index is 12.8. The summed E-state index contributed by atoms with van der Waals surface area (Å²) >= 11 is 6.52. The fourth-order valence-electron chi connectivity index (χ4n) is 4.80. The number of ether oxygens (including phenoxy) is 3. The average molecular weight is 525 g/mol. The summed E-state index contributed by atoms with van der Waals surface area (Å²) in [4.78, 5) is 0. The number of alkyl halides is 3. The Hall–Kier alpha value is -3.64. The van der Waals surface area contributed by atoms with E-state index < -0.39 is 12.0 Å². The molecule has 0 bridgehead atoms. The lowest BCUT2D eigenvalue weighted by molar-refractivity contribution is -0.274. The third-order valence-corrected chi connectivity index (χ3v) is 7.36. The Morgan fingerprint density at radius 3 is 2.14 bits per heavy atom. The second-order valence-corrected chi connectivity index (χ2v) is 9.52. The third-order valence-electron chi connectivity index (χ3n) is 6.95. The molecule has 0 N–H and O–H groups in total. The predicted octanol–water partition coefficient (Wildman–Crippen LogP) is 8.68. The molecule has 4 aromatic carbocycles. The van der Waals surface area contributed by atoms with Gasteiger partial charge < -0.3 is 14.2 Å². The van der Waals surface area contributed by atoms with Crippen LogP contribution in [0.25, 0.3) is 16.8 Å². The fraction of sp³-hybridized carbons (Fsp3) is 0.200. The SMILES string of the molecule is COc1ccc2c(C)c(C)c3c(c2c1)OC(c1ccc(OC(F)(F)F)cc1)(c1ccc(C)c(Cl)c1)C=C3. The highest BCUT2D eigenvalue weighted by Gasteiger charge is 2.39. The Labute approximate surface area is 218 Å². The molecule has 4 aromatic rings. The summed E-state index contributed by atoms with van der Waals surface area (Å²) in [5, 5.41) is 2.46. The number of benzene rings is 4. The molecule has 0 spiro atoms. The van der Waals surface area contributed by atoms with Crippen molar-refractivity contribution in [3.05, 3.63) is 105 Å². The zero-order chi connectivity index (χ0) is 26.5.